The van der Waals surface area contributed by atoms with E-state index in [9.17, 15) is 13.2 Å². The van der Waals surface area contributed by atoms with Crippen molar-refractivity contribution in [1.29, 1.82) is 0 Å². The fraction of sp³-hybridized carbons (Fsp3) is 0.667. The Hall–Kier alpha value is -0.880. The molecule has 2 heterocycles. The lowest BCUT2D eigenvalue weighted by Crippen LogP contribution is -2.38. The van der Waals surface area contributed by atoms with Crippen molar-refractivity contribution in [2.75, 3.05) is 18.6 Å². The van der Waals surface area contributed by atoms with E-state index in [4.69, 9.17) is 0 Å². The Balaban J connectivity index is 1.80. The molecular formula is C15H21NO3S2. The van der Waals surface area contributed by atoms with Gasteiger partial charge in [0.05, 0.1) is 17.1 Å². The molecule has 0 saturated carbocycles. The zero-order valence-electron chi connectivity index (χ0n) is 12.5. The number of carbonyl (C=O) groups is 1. The first-order valence-electron chi connectivity index (χ1n) is 7.44. The first kappa shape index (κ1) is 15.0. The summed E-state index contributed by atoms with van der Waals surface area (Å²) in [4.78, 5) is 15.7. The minimum Gasteiger partial charge on any atom is -0.338 e. The molecule has 2 atom stereocenters. The SMILES string of the molecule is CC1CCc2c(C(=O)N(C)C3CCS(=O)(=O)C3)csc2C1. The zero-order chi connectivity index (χ0) is 15.2. The molecule has 1 fully saturated rings. The molecule has 1 aromatic heterocycles. The van der Waals surface area contributed by atoms with E-state index in [1.807, 2.05) is 5.38 Å². The van der Waals surface area contributed by atoms with Crippen LogP contribution in [0, 0.1) is 5.92 Å². The topological polar surface area (TPSA) is 54.5 Å². The molecule has 1 saturated heterocycles. The largest absolute Gasteiger partial charge is 0.338 e. The maximum absolute atomic E-state index is 12.7. The summed E-state index contributed by atoms with van der Waals surface area (Å²) in [5.74, 6) is 0.994. The minimum absolute atomic E-state index is 0.0100. The Morgan fingerprint density at radius 1 is 1.38 bits per heavy atom. The van der Waals surface area contributed by atoms with Gasteiger partial charge in [0.2, 0.25) is 0 Å². The molecule has 0 N–H and O–H groups in total. The van der Waals surface area contributed by atoms with Crippen LogP contribution in [0.3, 0.4) is 0 Å². The summed E-state index contributed by atoms with van der Waals surface area (Å²) in [6.07, 6.45) is 3.73. The maximum atomic E-state index is 12.7. The van der Waals surface area contributed by atoms with Crippen molar-refractivity contribution in [2.45, 2.75) is 38.6 Å². The molecule has 0 aromatic carbocycles. The molecule has 1 aliphatic heterocycles. The van der Waals surface area contributed by atoms with Gasteiger partial charge >= 0.3 is 0 Å². The van der Waals surface area contributed by atoms with E-state index in [0.29, 0.717) is 12.3 Å². The second-order valence-corrected chi connectivity index (χ2v) is 9.56. The predicted molar refractivity (Wildman–Crippen MR) is 84.7 cm³/mol. The van der Waals surface area contributed by atoms with E-state index >= 15 is 0 Å². The van der Waals surface area contributed by atoms with Crippen molar-refractivity contribution < 1.29 is 13.2 Å². The number of thiophene rings is 1. The zero-order valence-corrected chi connectivity index (χ0v) is 14.1. The van der Waals surface area contributed by atoms with Gasteiger partial charge < -0.3 is 4.90 Å². The highest BCUT2D eigenvalue weighted by atomic mass is 32.2. The van der Waals surface area contributed by atoms with E-state index < -0.39 is 9.84 Å². The third kappa shape index (κ3) is 2.88. The predicted octanol–water partition coefficient (Wildman–Crippen LogP) is 2.13. The summed E-state index contributed by atoms with van der Waals surface area (Å²) < 4.78 is 23.2. The maximum Gasteiger partial charge on any atom is 0.255 e. The van der Waals surface area contributed by atoms with Crippen molar-refractivity contribution >= 4 is 27.1 Å². The number of carbonyl (C=O) groups excluding carboxylic acids is 1. The lowest BCUT2D eigenvalue weighted by molar-refractivity contribution is 0.0747. The van der Waals surface area contributed by atoms with Gasteiger partial charge in [-0.3, -0.25) is 4.79 Å². The molecule has 0 bridgehead atoms. The van der Waals surface area contributed by atoms with Crippen molar-refractivity contribution in [2.24, 2.45) is 5.92 Å². The third-order valence-electron chi connectivity index (χ3n) is 4.71. The number of fused-ring (bicyclic) bond motifs is 1. The van der Waals surface area contributed by atoms with Gasteiger partial charge in [0, 0.05) is 23.3 Å². The van der Waals surface area contributed by atoms with Crippen molar-refractivity contribution in [3.05, 3.63) is 21.4 Å². The van der Waals surface area contributed by atoms with E-state index in [0.717, 1.165) is 24.8 Å². The molecule has 1 aliphatic carbocycles. The fourth-order valence-electron chi connectivity index (χ4n) is 3.29. The molecule has 6 heteroatoms. The molecule has 2 unspecified atom stereocenters. The summed E-state index contributed by atoms with van der Waals surface area (Å²) in [5.41, 5.74) is 2.00. The summed E-state index contributed by atoms with van der Waals surface area (Å²) in [6, 6.07) is -0.166. The normalized spacial score (nSPS) is 27.3. The van der Waals surface area contributed by atoms with Crippen LogP contribution in [0.5, 0.6) is 0 Å². The fourth-order valence-corrected chi connectivity index (χ4v) is 6.31. The first-order chi connectivity index (χ1) is 9.87. The molecule has 1 aromatic rings. The van der Waals surface area contributed by atoms with Gasteiger partial charge in [0.25, 0.3) is 5.91 Å². The monoisotopic (exact) mass is 327 g/mol. The standard InChI is InChI=1S/C15H21NO3S2/c1-10-3-4-12-13(8-20-14(12)7-10)15(17)16(2)11-5-6-21(18,19)9-11/h8,10-11H,3-7,9H2,1-2H3. The third-order valence-corrected chi connectivity index (χ3v) is 7.51. The van der Waals surface area contributed by atoms with E-state index in [-0.39, 0.29) is 23.5 Å². The van der Waals surface area contributed by atoms with Crippen LogP contribution in [0.1, 0.15) is 40.6 Å². The second-order valence-electron chi connectivity index (χ2n) is 6.37. The van der Waals surface area contributed by atoms with Crippen molar-refractivity contribution in [1.82, 2.24) is 4.90 Å². The van der Waals surface area contributed by atoms with Crippen molar-refractivity contribution in [3.8, 4) is 0 Å². The lowest BCUT2D eigenvalue weighted by Gasteiger charge is -2.25. The Kier molecular flexibility index (Phi) is 3.86. The van der Waals surface area contributed by atoms with Gasteiger partial charge in [-0.05, 0) is 37.2 Å². The lowest BCUT2D eigenvalue weighted by atomic mass is 9.88. The van der Waals surface area contributed by atoms with Crippen LogP contribution < -0.4 is 0 Å². The van der Waals surface area contributed by atoms with Crippen molar-refractivity contribution in [3.63, 3.8) is 0 Å². The van der Waals surface area contributed by atoms with Gasteiger partial charge in [-0.1, -0.05) is 6.92 Å². The van der Waals surface area contributed by atoms with Crippen LogP contribution in [0.15, 0.2) is 5.38 Å². The molecular weight excluding hydrogens is 306 g/mol. The number of sulfone groups is 1. The van der Waals surface area contributed by atoms with Gasteiger partial charge in [0.1, 0.15) is 0 Å². The molecule has 0 radical (unpaired) electrons. The molecule has 116 valence electrons. The van der Waals surface area contributed by atoms with E-state index in [1.165, 1.54) is 10.4 Å². The molecule has 1 amide bonds. The highest BCUT2D eigenvalue weighted by molar-refractivity contribution is 7.91. The van der Waals surface area contributed by atoms with Crippen LogP contribution in [-0.4, -0.2) is 43.8 Å². The average Bonchev–Trinajstić information content (AvgIpc) is 2.99. The summed E-state index contributed by atoms with van der Waals surface area (Å²) in [6.45, 7) is 2.25. The van der Waals surface area contributed by atoms with Gasteiger partial charge in [-0.25, -0.2) is 8.42 Å². The number of hydrogen-bond donors (Lipinski definition) is 0. The Labute approximate surface area is 130 Å². The van der Waals surface area contributed by atoms with Crippen LogP contribution in [0.25, 0.3) is 0 Å². The van der Waals surface area contributed by atoms with Crippen LogP contribution in [-0.2, 0) is 22.7 Å². The highest BCUT2D eigenvalue weighted by Crippen LogP contribution is 2.33. The number of nitrogens with zero attached hydrogens (tertiary/aromatic N) is 1. The highest BCUT2D eigenvalue weighted by Gasteiger charge is 2.34. The quantitative estimate of drug-likeness (QED) is 0.836. The van der Waals surface area contributed by atoms with Crippen LogP contribution >= 0.6 is 11.3 Å². The Morgan fingerprint density at radius 3 is 2.81 bits per heavy atom. The smallest absolute Gasteiger partial charge is 0.255 e. The molecule has 0 spiro atoms. The van der Waals surface area contributed by atoms with Crippen LogP contribution in [0.4, 0.5) is 0 Å². The van der Waals surface area contributed by atoms with Gasteiger partial charge in [-0.2, -0.15) is 0 Å². The van der Waals surface area contributed by atoms with E-state index in [2.05, 4.69) is 6.92 Å². The molecule has 2 aliphatic rings. The average molecular weight is 327 g/mol. The number of rotatable bonds is 2. The second kappa shape index (κ2) is 5.39. The molecule has 3 rings (SSSR count). The minimum atomic E-state index is -2.96. The van der Waals surface area contributed by atoms with Crippen LogP contribution in [0.2, 0.25) is 0 Å². The summed E-state index contributed by atoms with van der Waals surface area (Å²) in [7, 11) is -1.22. The van der Waals surface area contributed by atoms with Gasteiger partial charge in [0.15, 0.2) is 9.84 Å². The summed E-state index contributed by atoms with van der Waals surface area (Å²) >= 11 is 1.68. The summed E-state index contributed by atoms with van der Waals surface area (Å²) in [5, 5.41) is 1.96. The Morgan fingerprint density at radius 2 is 2.14 bits per heavy atom. The van der Waals surface area contributed by atoms with Gasteiger partial charge in [-0.15, -0.1) is 11.3 Å². The van der Waals surface area contributed by atoms with E-state index in [1.54, 1.807) is 23.3 Å². The number of amides is 1. The molecule has 21 heavy (non-hydrogen) atoms. The Bertz CT molecular complexity index is 662. The number of hydrogen-bond acceptors (Lipinski definition) is 4. The molecule has 4 nitrogen and oxygen atoms in total. The first-order valence-corrected chi connectivity index (χ1v) is 10.1.